The molecule has 0 atom stereocenters. The Morgan fingerprint density at radius 1 is 0.867 bits per heavy atom. The van der Waals surface area contributed by atoms with Crippen LogP contribution in [0.5, 0.6) is 0 Å². The Kier molecular flexibility index (Phi) is 4.75. The lowest BCUT2D eigenvalue weighted by Gasteiger charge is -2.35. The van der Waals surface area contributed by atoms with Crippen molar-refractivity contribution in [1.29, 1.82) is 0 Å². The SMILES string of the molecule is O=C(CCc1c[nH]c2ccccc12)N1CCN(C(=O)c2ccc3[nH]ccc3c2)CC1. The van der Waals surface area contributed by atoms with Gasteiger partial charge in [-0.3, -0.25) is 9.59 Å². The molecule has 0 unspecified atom stereocenters. The molecular weight excluding hydrogens is 376 g/mol. The van der Waals surface area contributed by atoms with Gasteiger partial charge in [-0.2, -0.15) is 0 Å². The number of benzene rings is 2. The molecule has 2 aromatic heterocycles. The summed E-state index contributed by atoms with van der Waals surface area (Å²) in [5.41, 5.74) is 4.00. The number of para-hydroxylation sites is 1. The minimum atomic E-state index is 0.0315. The normalized spacial score (nSPS) is 14.5. The van der Waals surface area contributed by atoms with Crippen LogP contribution in [0, 0.1) is 0 Å². The van der Waals surface area contributed by atoms with Gasteiger partial charge in [0.25, 0.3) is 5.91 Å². The molecule has 2 N–H and O–H groups in total. The fourth-order valence-electron chi connectivity index (χ4n) is 4.27. The molecule has 0 spiro atoms. The number of nitrogens with zero attached hydrogens (tertiary/aromatic N) is 2. The molecule has 1 fully saturated rings. The van der Waals surface area contributed by atoms with Gasteiger partial charge in [-0.05, 0) is 42.3 Å². The average molecular weight is 400 g/mol. The van der Waals surface area contributed by atoms with E-state index in [0.717, 1.165) is 22.8 Å². The first-order valence-corrected chi connectivity index (χ1v) is 10.4. The Bertz CT molecular complexity index is 1210. The third kappa shape index (κ3) is 3.45. The van der Waals surface area contributed by atoms with Gasteiger partial charge in [0, 0.05) is 72.4 Å². The van der Waals surface area contributed by atoms with Crippen molar-refractivity contribution in [2.45, 2.75) is 12.8 Å². The lowest BCUT2D eigenvalue weighted by molar-refractivity contribution is -0.132. The molecule has 0 bridgehead atoms. The van der Waals surface area contributed by atoms with Crippen LogP contribution in [0.4, 0.5) is 0 Å². The number of amides is 2. The van der Waals surface area contributed by atoms with E-state index < -0.39 is 0 Å². The fraction of sp³-hybridized carbons (Fsp3) is 0.250. The standard InChI is InChI=1S/C24H24N4O2/c29-23(8-6-19-16-26-22-4-2-1-3-20(19)22)27-11-13-28(14-12-27)24(30)18-5-7-21-17(15-18)9-10-25-21/h1-5,7,9-10,15-16,25-26H,6,8,11-14H2. The quantitative estimate of drug-likeness (QED) is 0.550. The maximum Gasteiger partial charge on any atom is 0.253 e. The molecule has 6 nitrogen and oxygen atoms in total. The van der Waals surface area contributed by atoms with Gasteiger partial charge in [0.2, 0.25) is 5.91 Å². The van der Waals surface area contributed by atoms with Crippen LogP contribution >= 0.6 is 0 Å². The number of carbonyl (C=O) groups excluding carboxylic acids is 2. The topological polar surface area (TPSA) is 72.2 Å². The monoisotopic (exact) mass is 400 g/mol. The van der Waals surface area contributed by atoms with Crippen LogP contribution in [0.2, 0.25) is 0 Å². The van der Waals surface area contributed by atoms with Gasteiger partial charge in [0.05, 0.1) is 0 Å². The van der Waals surface area contributed by atoms with Crippen LogP contribution < -0.4 is 0 Å². The Hall–Kier alpha value is -3.54. The molecule has 1 saturated heterocycles. The first-order chi connectivity index (χ1) is 14.7. The van der Waals surface area contributed by atoms with E-state index in [4.69, 9.17) is 0 Å². The number of fused-ring (bicyclic) bond motifs is 2. The number of rotatable bonds is 4. The molecule has 1 aliphatic heterocycles. The third-order valence-corrected chi connectivity index (χ3v) is 6.00. The first-order valence-electron chi connectivity index (χ1n) is 10.4. The Morgan fingerprint density at radius 2 is 1.67 bits per heavy atom. The van der Waals surface area contributed by atoms with Crippen LogP contribution in [0.15, 0.2) is 60.9 Å². The third-order valence-electron chi connectivity index (χ3n) is 6.00. The van der Waals surface area contributed by atoms with Crippen LogP contribution in [0.1, 0.15) is 22.3 Å². The van der Waals surface area contributed by atoms with Crippen LogP contribution in [-0.4, -0.2) is 57.8 Å². The molecule has 0 aliphatic carbocycles. The number of piperazine rings is 1. The summed E-state index contributed by atoms with van der Waals surface area (Å²) in [5, 5.41) is 2.21. The average Bonchev–Trinajstić information content (AvgIpc) is 3.43. The first kappa shape index (κ1) is 18.5. The molecule has 5 rings (SSSR count). The molecule has 3 heterocycles. The van der Waals surface area contributed by atoms with Gasteiger partial charge in [-0.1, -0.05) is 18.2 Å². The van der Waals surface area contributed by atoms with Gasteiger partial charge < -0.3 is 19.8 Å². The zero-order valence-corrected chi connectivity index (χ0v) is 16.7. The van der Waals surface area contributed by atoms with E-state index in [2.05, 4.69) is 16.0 Å². The zero-order chi connectivity index (χ0) is 20.5. The molecule has 30 heavy (non-hydrogen) atoms. The van der Waals surface area contributed by atoms with Crippen LogP contribution in [0.3, 0.4) is 0 Å². The van der Waals surface area contributed by atoms with Crippen molar-refractivity contribution >= 4 is 33.6 Å². The molecule has 0 radical (unpaired) electrons. The number of nitrogens with one attached hydrogen (secondary N) is 2. The number of hydrogen-bond acceptors (Lipinski definition) is 2. The highest BCUT2D eigenvalue weighted by Crippen LogP contribution is 2.20. The number of aromatic nitrogens is 2. The highest BCUT2D eigenvalue weighted by Gasteiger charge is 2.25. The van der Waals surface area contributed by atoms with E-state index in [1.54, 1.807) is 0 Å². The Labute approximate surface area is 174 Å². The molecule has 2 aromatic carbocycles. The van der Waals surface area contributed by atoms with Crippen molar-refractivity contribution < 1.29 is 9.59 Å². The van der Waals surface area contributed by atoms with Crippen LogP contribution in [-0.2, 0) is 11.2 Å². The summed E-state index contributed by atoms with van der Waals surface area (Å²) in [6.07, 6.45) is 5.08. The van der Waals surface area contributed by atoms with Gasteiger partial charge in [0.1, 0.15) is 0 Å². The summed E-state index contributed by atoms with van der Waals surface area (Å²) < 4.78 is 0. The molecule has 4 aromatic rings. The number of aryl methyl sites for hydroxylation is 1. The molecule has 6 heteroatoms. The largest absolute Gasteiger partial charge is 0.361 e. The van der Waals surface area contributed by atoms with Gasteiger partial charge >= 0.3 is 0 Å². The van der Waals surface area contributed by atoms with Gasteiger partial charge in [-0.25, -0.2) is 0 Å². The second-order valence-corrected chi connectivity index (χ2v) is 7.81. The number of aromatic amines is 2. The predicted octanol–water partition coefficient (Wildman–Crippen LogP) is 3.57. The highest BCUT2D eigenvalue weighted by molar-refractivity contribution is 5.98. The Balaban J connectivity index is 1.17. The van der Waals surface area contributed by atoms with E-state index in [9.17, 15) is 9.59 Å². The fourth-order valence-corrected chi connectivity index (χ4v) is 4.27. The van der Waals surface area contributed by atoms with Gasteiger partial charge in [-0.15, -0.1) is 0 Å². The number of H-pyrrole nitrogens is 2. The van der Waals surface area contributed by atoms with E-state index in [-0.39, 0.29) is 11.8 Å². The molecule has 0 saturated carbocycles. The van der Waals surface area contributed by atoms with Crippen molar-refractivity contribution in [2.24, 2.45) is 0 Å². The smallest absolute Gasteiger partial charge is 0.253 e. The summed E-state index contributed by atoms with van der Waals surface area (Å²) in [5.74, 6) is 0.185. The lowest BCUT2D eigenvalue weighted by Crippen LogP contribution is -2.50. The number of carbonyl (C=O) groups is 2. The molecule has 152 valence electrons. The van der Waals surface area contributed by atoms with Gasteiger partial charge in [0.15, 0.2) is 0 Å². The lowest BCUT2D eigenvalue weighted by atomic mass is 10.1. The highest BCUT2D eigenvalue weighted by atomic mass is 16.2. The predicted molar refractivity (Wildman–Crippen MR) is 117 cm³/mol. The summed E-state index contributed by atoms with van der Waals surface area (Å²) in [4.78, 5) is 35.7. The molecular formula is C24H24N4O2. The summed E-state index contributed by atoms with van der Waals surface area (Å²) in [6, 6.07) is 15.8. The van der Waals surface area contributed by atoms with Crippen molar-refractivity contribution in [3.05, 3.63) is 72.1 Å². The summed E-state index contributed by atoms with van der Waals surface area (Å²) in [7, 11) is 0. The number of hydrogen-bond donors (Lipinski definition) is 2. The second kappa shape index (κ2) is 7.71. The van der Waals surface area contributed by atoms with Crippen molar-refractivity contribution in [3.63, 3.8) is 0 Å². The van der Waals surface area contributed by atoms with Crippen molar-refractivity contribution in [3.8, 4) is 0 Å². The summed E-state index contributed by atoms with van der Waals surface area (Å²) >= 11 is 0. The van der Waals surface area contributed by atoms with Crippen molar-refractivity contribution in [1.82, 2.24) is 19.8 Å². The second-order valence-electron chi connectivity index (χ2n) is 7.81. The minimum absolute atomic E-state index is 0.0315. The maximum atomic E-state index is 12.9. The van der Waals surface area contributed by atoms with Crippen molar-refractivity contribution in [2.75, 3.05) is 26.2 Å². The van der Waals surface area contributed by atoms with E-state index in [0.29, 0.717) is 38.2 Å². The van der Waals surface area contributed by atoms with E-state index in [1.165, 1.54) is 10.9 Å². The maximum absolute atomic E-state index is 12.9. The Morgan fingerprint density at radius 3 is 2.53 bits per heavy atom. The van der Waals surface area contributed by atoms with Crippen LogP contribution in [0.25, 0.3) is 21.8 Å². The molecule has 1 aliphatic rings. The summed E-state index contributed by atoms with van der Waals surface area (Å²) in [6.45, 7) is 2.32. The minimum Gasteiger partial charge on any atom is -0.361 e. The van der Waals surface area contributed by atoms with E-state index >= 15 is 0 Å². The zero-order valence-electron chi connectivity index (χ0n) is 16.7. The van der Waals surface area contributed by atoms with E-state index in [1.807, 2.05) is 64.7 Å². The molecule has 2 amide bonds.